The molecule has 2 atom stereocenters. The van der Waals surface area contributed by atoms with Crippen LogP contribution in [0.5, 0.6) is 0 Å². The van der Waals surface area contributed by atoms with Crippen LogP contribution in [0.3, 0.4) is 0 Å². The number of carboxylic acid groups (broad SMARTS) is 1. The standard InChI is InChI=1S/C52H98N2O5/c1-3-5-7-9-11-13-15-17-19-20-21-22-23-25-27-29-31-36-40-46-51(56)59-48(42-37-33-30-28-26-24-18-16-14-12-10-8-6-4-2)43-38-34-32-35-39-45-50(55)54-49(52(57)58)44-41-47-53/h11,13,17,19,48-49H,3-10,12,14-16,18,20-47,53H2,1-2H3,(H,54,55)(H,57,58)/b13-11-,19-17-. The maximum Gasteiger partial charge on any atom is 0.326 e. The molecule has 1 amide bonds. The minimum Gasteiger partial charge on any atom is -0.480 e. The SMILES string of the molecule is CCCCC/C=C\C/C=C\CCCCCCCCCCCC(=O)OC(CCCCCCCCCCCCCCCC)CCCCCCCC(=O)NC(CCCN)C(=O)O. The highest BCUT2D eigenvalue weighted by Gasteiger charge is 2.19. The quantitative estimate of drug-likeness (QED) is 0.0319. The highest BCUT2D eigenvalue weighted by atomic mass is 16.5. The van der Waals surface area contributed by atoms with Gasteiger partial charge >= 0.3 is 11.9 Å². The molecular formula is C52H98N2O5. The van der Waals surface area contributed by atoms with Crippen molar-refractivity contribution in [2.24, 2.45) is 5.73 Å². The summed E-state index contributed by atoms with van der Waals surface area (Å²) in [5.74, 6) is -1.22. The van der Waals surface area contributed by atoms with Crippen LogP contribution in [0.1, 0.15) is 271 Å². The third kappa shape index (κ3) is 43.7. The molecular weight excluding hydrogens is 733 g/mol. The number of ether oxygens (including phenoxy) is 1. The van der Waals surface area contributed by atoms with E-state index in [0.29, 0.717) is 32.2 Å². The lowest BCUT2D eigenvalue weighted by atomic mass is 10.0. The zero-order valence-corrected chi connectivity index (χ0v) is 39.1. The van der Waals surface area contributed by atoms with Gasteiger partial charge in [0.1, 0.15) is 12.1 Å². The second-order valence-electron chi connectivity index (χ2n) is 17.6. The molecule has 7 nitrogen and oxygen atoms in total. The largest absolute Gasteiger partial charge is 0.480 e. The maximum atomic E-state index is 12.9. The first-order valence-corrected chi connectivity index (χ1v) is 25.7. The molecule has 0 aliphatic rings. The van der Waals surface area contributed by atoms with Crippen LogP contribution in [0, 0.1) is 0 Å². The first kappa shape index (κ1) is 56.9. The second-order valence-corrected chi connectivity index (χ2v) is 17.6. The van der Waals surface area contributed by atoms with E-state index in [1.807, 2.05) is 0 Å². The number of nitrogens with two attached hydrogens (primary N) is 1. The van der Waals surface area contributed by atoms with Gasteiger partial charge in [0.2, 0.25) is 5.91 Å². The van der Waals surface area contributed by atoms with Gasteiger partial charge in [-0.1, -0.05) is 199 Å². The van der Waals surface area contributed by atoms with E-state index >= 15 is 0 Å². The number of amides is 1. The van der Waals surface area contributed by atoms with E-state index < -0.39 is 12.0 Å². The number of rotatable bonds is 47. The first-order chi connectivity index (χ1) is 28.9. The molecule has 0 aromatic rings. The van der Waals surface area contributed by atoms with Gasteiger partial charge in [0, 0.05) is 12.8 Å². The topological polar surface area (TPSA) is 119 Å². The molecule has 0 aromatic carbocycles. The van der Waals surface area contributed by atoms with Crippen LogP contribution in [0.2, 0.25) is 0 Å². The molecule has 0 radical (unpaired) electrons. The van der Waals surface area contributed by atoms with Crippen molar-refractivity contribution >= 4 is 17.8 Å². The van der Waals surface area contributed by atoms with Gasteiger partial charge in [0.15, 0.2) is 0 Å². The van der Waals surface area contributed by atoms with Gasteiger partial charge in [-0.25, -0.2) is 4.79 Å². The number of esters is 1. The Balaban J connectivity index is 4.26. The fraction of sp³-hybridized carbons (Fsp3) is 0.865. The summed E-state index contributed by atoms with van der Waals surface area (Å²) >= 11 is 0. The summed E-state index contributed by atoms with van der Waals surface area (Å²) in [5, 5.41) is 12.0. The van der Waals surface area contributed by atoms with Crippen LogP contribution >= 0.6 is 0 Å². The van der Waals surface area contributed by atoms with E-state index in [-0.39, 0.29) is 18.0 Å². The van der Waals surface area contributed by atoms with Crippen molar-refractivity contribution in [3.05, 3.63) is 24.3 Å². The second kappa shape index (κ2) is 46.9. The third-order valence-electron chi connectivity index (χ3n) is 11.8. The van der Waals surface area contributed by atoms with Crippen molar-refractivity contribution in [1.82, 2.24) is 5.32 Å². The molecule has 0 saturated carbocycles. The van der Waals surface area contributed by atoms with Crippen molar-refractivity contribution in [2.75, 3.05) is 6.54 Å². The summed E-state index contributed by atoms with van der Waals surface area (Å²) in [5.41, 5.74) is 5.50. The Morgan fingerprint density at radius 2 is 0.881 bits per heavy atom. The summed E-state index contributed by atoms with van der Waals surface area (Å²) in [6, 6.07) is -0.855. The summed E-state index contributed by atoms with van der Waals surface area (Å²) in [7, 11) is 0. The van der Waals surface area contributed by atoms with Gasteiger partial charge in [0.25, 0.3) is 0 Å². The number of carbonyl (C=O) groups excluding carboxylic acids is 2. The molecule has 0 saturated heterocycles. The lowest BCUT2D eigenvalue weighted by Gasteiger charge is -2.18. The molecule has 0 bridgehead atoms. The highest BCUT2D eigenvalue weighted by Crippen LogP contribution is 2.20. The molecule has 4 N–H and O–H groups in total. The van der Waals surface area contributed by atoms with Gasteiger partial charge in [-0.2, -0.15) is 0 Å². The molecule has 0 fully saturated rings. The van der Waals surface area contributed by atoms with Gasteiger partial charge in [0.05, 0.1) is 0 Å². The number of nitrogens with one attached hydrogen (secondary N) is 1. The average Bonchev–Trinajstić information content (AvgIpc) is 3.22. The number of unbranched alkanes of at least 4 members (excludes halogenated alkanes) is 29. The number of hydrogen-bond acceptors (Lipinski definition) is 5. The Labute approximate surface area is 365 Å². The monoisotopic (exact) mass is 831 g/mol. The third-order valence-corrected chi connectivity index (χ3v) is 11.8. The maximum absolute atomic E-state index is 12.9. The van der Waals surface area contributed by atoms with Crippen molar-refractivity contribution in [3.63, 3.8) is 0 Å². The van der Waals surface area contributed by atoms with Crippen molar-refractivity contribution < 1.29 is 24.2 Å². The molecule has 0 aliphatic heterocycles. The Bertz CT molecular complexity index is 982. The summed E-state index contributed by atoms with van der Waals surface area (Å²) in [6.45, 7) is 4.95. The summed E-state index contributed by atoms with van der Waals surface area (Å²) < 4.78 is 6.09. The lowest BCUT2D eigenvalue weighted by molar-refractivity contribution is -0.150. The van der Waals surface area contributed by atoms with Crippen LogP contribution in [0.4, 0.5) is 0 Å². The van der Waals surface area contributed by atoms with Crippen molar-refractivity contribution in [1.29, 1.82) is 0 Å². The highest BCUT2D eigenvalue weighted by molar-refractivity contribution is 5.83. The van der Waals surface area contributed by atoms with E-state index in [0.717, 1.165) is 70.6 Å². The van der Waals surface area contributed by atoms with E-state index in [4.69, 9.17) is 10.5 Å². The van der Waals surface area contributed by atoms with Crippen LogP contribution in [0.15, 0.2) is 24.3 Å². The van der Waals surface area contributed by atoms with E-state index in [1.165, 1.54) is 161 Å². The Kier molecular flexibility index (Phi) is 45.2. The summed E-state index contributed by atoms with van der Waals surface area (Å²) in [4.78, 5) is 36.6. The van der Waals surface area contributed by atoms with E-state index in [2.05, 4.69) is 43.5 Å². The van der Waals surface area contributed by atoms with Crippen LogP contribution in [0.25, 0.3) is 0 Å². The van der Waals surface area contributed by atoms with Crippen LogP contribution < -0.4 is 11.1 Å². The number of carboxylic acids is 1. The lowest BCUT2D eigenvalue weighted by Crippen LogP contribution is -2.40. The molecule has 0 spiro atoms. The smallest absolute Gasteiger partial charge is 0.326 e. The number of hydrogen-bond donors (Lipinski definition) is 3. The molecule has 0 rings (SSSR count). The zero-order chi connectivity index (χ0) is 43.1. The van der Waals surface area contributed by atoms with E-state index in [9.17, 15) is 19.5 Å². The van der Waals surface area contributed by atoms with E-state index in [1.54, 1.807) is 0 Å². The normalized spacial score (nSPS) is 12.7. The Hall–Kier alpha value is -2.15. The molecule has 0 aliphatic carbocycles. The molecule has 0 heterocycles. The Morgan fingerprint density at radius 1 is 0.492 bits per heavy atom. The van der Waals surface area contributed by atoms with Crippen molar-refractivity contribution in [3.8, 4) is 0 Å². The van der Waals surface area contributed by atoms with Crippen molar-refractivity contribution in [2.45, 2.75) is 283 Å². The predicted molar refractivity (Wildman–Crippen MR) is 253 cm³/mol. The molecule has 0 aromatic heterocycles. The first-order valence-electron chi connectivity index (χ1n) is 25.7. The van der Waals surface area contributed by atoms with Gasteiger partial charge in [-0.3, -0.25) is 9.59 Å². The molecule has 59 heavy (non-hydrogen) atoms. The van der Waals surface area contributed by atoms with Gasteiger partial charge in [-0.05, 0) is 90.0 Å². The van der Waals surface area contributed by atoms with Gasteiger partial charge in [-0.15, -0.1) is 0 Å². The predicted octanol–water partition coefficient (Wildman–Crippen LogP) is 15.2. The average molecular weight is 831 g/mol. The van der Waals surface area contributed by atoms with Crippen LogP contribution in [-0.2, 0) is 19.1 Å². The van der Waals surface area contributed by atoms with Gasteiger partial charge < -0.3 is 20.9 Å². The fourth-order valence-corrected chi connectivity index (χ4v) is 7.90. The number of carbonyl (C=O) groups is 3. The number of allylic oxidation sites excluding steroid dienone is 4. The summed E-state index contributed by atoms with van der Waals surface area (Å²) in [6.07, 6.45) is 55.2. The van der Waals surface area contributed by atoms with Crippen LogP contribution in [-0.4, -0.2) is 41.6 Å². The molecule has 346 valence electrons. The fourth-order valence-electron chi connectivity index (χ4n) is 7.90. The Morgan fingerprint density at radius 3 is 1.34 bits per heavy atom. The zero-order valence-electron chi connectivity index (χ0n) is 39.1. The molecule has 2 unspecified atom stereocenters. The minimum atomic E-state index is -1.00. The number of aliphatic carboxylic acids is 1. The molecule has 7 heteroatoms. The minimum absolute atomic E-state index is 0.0136.